The van der Waals surface area contributed by atoms with Gasteiger partial charge >= 0.3 is 5.97 Å². The predicted molar refractivity (Wildman–Crippen MR) is 82.9 cm³/mol. The van der Waals surface area contributed by atoms with E-state index in [9.17, 15) is 4.79 Å². The molecule has 0 radical (unpaired) electrons. The molecular formula is C15H16N2O3S. The molecule has 6 heteroatoms. The van der Waals surface area contributed by atoms with Crippen LogP contribution in [0.15, 0.2) is 41.4 Å². The van der Waals surface area contributed by atoms with Gasteiger partial charge in [-0.1, -0.05) is 0 Å². The van der Waals surface area contributed by atoms with E-state index in [2.05, 4.69) is 4.98 Å². The number of nitrogen functional groups attached to an aromatic ring is 1. The van der Waals surface area contributed by atoms with Crippen LogP contribution in [0.1, 0.15) is 17.3 Å². The highest BCUT2D eigenvalue weighted by molar-refractivity contribution is 7.98. The minimum Gasteiger partial charge on any atom is -0.462 e. The highest BCUT2D eigenvalue weighted by Gasteiger charge is 2.15. The Morgan fingerprint density at radius 1 is 1.29 bits per heavy atom. The van der Waals surface area contributed by atoms with Crippen LogP contribution >= 0.6 is 11.8 Å². The lowest BCUT2D eigenvalue weighted by Gasteiger charge is -2.10. The van der Waals surface area contributed by atoms with Gasteiger partial charge in [0.2, 0.25) is 5.88 Å². The van der Waals surface area contributed by atoms with Crippen LogP contribution in [-0.4, -0.2) is 23.8 Å². The zero-order valence-electron chi connectivity index (χ0n) is 11.8. The zero-order chi connectivity index (χ0) is 15.2. The van der Waals surface area contributed by atoms with Crippen LogP contribution in [0.4, 0.5) is 5.69 Å². The number of carbonyl (C=O) groups excluding carboxylic acids is 1. The Balaban J connectivity index is 2.23. The number of carbonyl (C=O) groups is 1. The van der Waals surface area contributed by atoms with Gasteiger partial charge in [-0.05, 0) is 43.5 Å². The number of hydrogen-bond donors (Lipinski definition) is 1. The van der Waals surface area contributed by atoms with Gasteiger partial charge in [0.05, 0.1) is 12.2 Å². The number of anilines is 1. The molecule has 1 aromatic heterocycles. The van der Waals surface area contributed by atoms with Gasteiger partial charge in [0.1, 0.15) is 11.4 Å². The average molecular weight is 304 g/mol. The lowest BCUT2D eigenvalue weighted by molar-refractivity contribution is 0.0527. The van der Waals surface area contributed by atoms with E-state index in [-0.39, 0.29) is 23.7 Å². The third kappa shape index (κ3) is 3.66. The monoisotopic (exact) mass is 304 g/mol. The van der Waals surface area contributed by atoms with E-state index < -0.39 is 5.97 Å². The van der Waals surface area contributed by atoms with Crippen molar-refractivity contribution in [2.75, 3.05) is 18.6 Å². The standard InChI is InChI=1S/C15H16N2O3S/c1-3-19-15(18)12-8-9-17-14(13(12)16)20-10-4-6-11(21-2)7-5-10/h4-9H,3,16H2,1-2H3. The molecule has 1 aromatic carbocycles. The number of thioether (sulfide) groups is 1. The molecule has 2 aromatic rings. The molecule has 0 saturated carbocycles. The summed E-state index contributed by atoms with van der Waals surface area (Å²) >= 11 is 1.64. The van der Waals surface area contributed by atoms with E-state index in [4.69, 9.17) is 15.2 Å². The summed E-state index contributed by atoms with van der Waals surface area (Å²) in [6, 6.07) is 9.03. The van der Waals surface area contributed by atoms with E-state index in [1.807, 2.05) is 30.5 Å². The highest BCUT2D eigenvalue weighted by Crippen LogP contribution is 2.29. The lowest BCUT2D eigenvalue weighted by Crippen LogP contribution is -2.09. The number of aromatic nitrogens is 1. The Bertz CT molecular complexity index is 629. The summed E-state index contributed by atoms with van der Waals surface area (Å²) in [5.41, 5.74) is 6.35. The molecule has 2 N–H and O–H groups in total. The quantitative estimate of drug-likeness (QED) is 0.674. The Hall–Kier alpha value is -2.21. The first-order valence-electron chi connectivity index (χ1n) is 6.39. The van der Waals surface area contributed by atoms with Crippen molar-refractivity contribution >= 4 is 23.4 Å². The van der Waals surface area contributed by atoms with Crippen LogP contribution in [0.25, 0.3) is 0 Å². The van der Waals surface area contributed by atoms with Crippen molar-refractivity contribution in [1.82, 2.24) is 4.98 Å². The predicted octanol–water partition coefficient (Wildman–Crippen LogP) is 3.35. The van der Waals surface area contributed by atoms with Gasteiger partial charge in [-0.15, -0.1) is 11.8 Å². The number of pyridine rings is 1. The highest BCUT2D eigenvalue weighted by atomic mass is 32.2. The molecule has 21 heavy (non-hydrogen) atoms. The number of benzene rings is 1. The molecule has 0 aliphatic rings. The Labute approximate surface area is 127 Å². The first-order valence-corrected chi connectivity index (χ1v) is 7.61. The van der Waals surface area contributed by atoms with E-state index in [0.29, 0.717) is 5.75 Å². The third-order valence-electron chi connectivity index (χ3n) is 2.72. The van der Waals surface area contributed by atoms with Gasteiger partial charge in [0, 0.05) is 11.1 Å². The van der Waals surface area contributed by atoms with E-state index in [1.165, 1.54) is 12.3 Å². The maximum Gasteiger partial charge on any atom is 0.340 e. The number of rotatable bonds is 5. The molecule has 0 atom stereocenters. The topological polar surface area (TPSA) is 74.4 Å². The molecule has 0 unspecified atom stereocenters. The molecule has 2 rings (SSSR count). The maximum atomic E-state index is 11.8. The van der Waals surface area contributed by atoms with E-state index in [1.54, 1.807) is 18.7 Å². The molecular weight excluding hydrogens is 288 g/mol. The summed E-state index contributed by atoms with van der Waals surface area (Å²) < 4.78 is 10.6. The first-order chi connectivity index (χ1) is 10.2. The second-order valence-corrected chi connectivity index (χ2v) is 4.96. The average Bonchev–Trinajstić information content (AvgIpc) is 2.50. The fraction of sp³-hybridized carbons (Fsp3) is 0.200. The molecule has 0 fully saturated rings. The van der Waals surface area contributed by atoms with Crippen molar-refractivity contribution < 1.29 is 14.3 Å². The fourth-order valence-corrected chi connectivity index (χ4v) is 2.09. The van der Waals surface area contributed by atoms with Crippen LogP contribution in [0.3, 0.4) is 0 Å². The number of nitrogens with two attached hydrogens (primary N) is 1. The van der Waals surface area contributed by atoms with E-state index in [0.717, 1.165) is 4.90 Å². The molecule has 110 valence electrons. The van der Waals surface area contributed by atoms with Gasteiger partial charge in [-0.25, -0.2) is 9.78 Å². The smallest absolute Gasteiger partial charge is 0.340 e. The van der Waals surface area contributed by atoms with Gasteiger partial charge in [-0.3, -0.25) is 0 Å². The zero-order valence-corrected chi connectivity index (χ0v) is 12.6. The second-order valence-electron chi connectivity index (χ2n) is 4.08. The maximum absolute atomic E-state index is 11.8. The molecule has 1 heterocycles. The van der Waals surface area contributed by atoms with Crippen molar-refractivity contribution in [1.29, 1.82) is 0 Å². The minimum atomic E-state index is -0.486. The Morgan fingerprint density at radius 3 is 2.62 bits per heavy atom. The van der Waals surface area contributed by atoms with Crippen molar-refractivity contribution in [2.45, 2.75) is 11.8 Å². The summed E-state index contributed by atoms with van der Waals surface area (Å²) in [5, 5.41) is 0. The van der Waals surface area contributed by atoms with Crippen LogP contribution in [0.5, 0.6) is 11.6 Å². The summed E-state index contributed by atoms with van der Waals surface area (Å²) in [6.07, 6.45) is 3.46. The lowest BCUT2D eigenvalue weighted by atomic mass is 10.2. The van der Waals surface area contributed by atoms with Crippen LogP contribution in [0, 0.1) is 0 Å². The Morgan fingerprint density at radius 2 is 2.00 bits per heavy atom. The van der Waals surface area contributed by atoms with Gasteiger partial charge in [0.15, 0.2) is 0 Å². The van der Waals surface area contributed by atoms with Crippen molar-refractivity contribution in [3.63, 3.8) is 0 Å². The van der Waals surface area contributed by atoms with Crippen LogP contribution in [-0.2, 0) is 4.74 Å². The summed E-state index contributed by atoms with van der Waals surface area (Å²) in [4.78, 5) is 17.0. The molecule has 0 saturated heterocycles. The van der Waals surface area contributed by atoms with Gasteiger partial charge < -0.3 is 15.2 Å². The van der Waals surface area contributed by atoms with E-state index >= 15 is 0 Å². The molecule has 5 nitrogen and oxygen atoms in total. The number of ether oxygens (including phenoxy) is 2. The number of hydrogen-bond acceptors (Lipinski definition) is 6. The Kier molecular flexibility index (Phi) is 5.05. The molecule has 0 bridgehead atoms. The molecule has 0 amide bonds. The second kappa shape index (κ2) is 6.99. The molecule has 0 spiro atoms. The number of nitrogens with zero attached hydrogens (tertiary/aromatic N) is 1. The summed E-state index contributed by atoms with van der Waals surface area (Å²) in [6.45, 7) is 2.02. The molecule has 0 aliphatic heterocycles. The van der Waals surface area contributed by atoms with Crippen molar-refractivity contribution in [2.24, 2.45) is 0 Å². The largest absolute Gasteiger partial charge is 0.462 e. The van der Waals surface area contributed by atoms with Crippen LogP contribution in [0.2, 0.25) is 0 Å². The van der Waals surface area contributed by atoms with Crippen molar-refractivity contribution in [3.05, 3.63) is 42.1 Å². The SMILES string of the molecule is CCOC(=O)c1ccnc(Oc2ccc(SC)cc2)c1N. The molecule has 0 aliphatic carbocycles. The minimum absolute atomic E-state index is 0.171. The van der Waals surface area contributed by atoms with Gasteiger partial charge in [0.25, 0.3) is 0 Å². The summed E-state index contributed by atoms with van der Waals surface area (Å²) in [7, 11) is 0. The van der Waals surface area contributed by atoms with Crippen molar-refractivity contribution in [3.8, 4) is 11.6 Å². The van der Waals surface area contributed by atoms with Gasteiger partial charge in [-0.2, -0.15) is 0 Å². The normalized spacial score (nSPS) is 10.2. The summed E-state index contributed by atoms with van der Waals surface area (Å²) in [5.74, 6) is 0.311. The fourth-order valence-electron chi connectivity index (χ4n) is 1.68. The number of esters is 1. The first kappa shape index (κ1) is 15.2. The van der Waals surface area contributed by atoms with Crippen LogP contribution < -0.4 is 10.5 Å². The third-order valence-corrected chi connectivity index (χ3v) is 3.47.